The Balaban J connectivity index is 1.56. The van der Waals surface area contributed by atoms with Crippen molar-refractivity contribution in [3.05, 3.63) is 65.2 Å². The van der Waals surface area contributed by atoms with Crippen LogP contribution in [0.1, 0.15) is 29.0 Å². The van der Waals surface area contributed by atoms with Gasteiger partial charge in [-0.1, -0.05) is 48.0 Å². The number of rotatable bonds is 4. The van der Waals surface area contributed by atoms with E-state index in [1.165, 1.54) is 5.56 Å². The Kier molecular flexibility index (Phi) is 3.91. The van der Waals surface area contributed by atoms with Crippen molar-refractivity contribution in [1.29, 1.82) is 0 Å². The molecule has 0 aliphatic carbocycles. The van der Waals surface area contributed by atoms with Gasteiger partial charge in [-0.25, -0.2) is 0 Å². The number of hydrogen-bond acceptors (Lipinski definition) is 2. The fourth-order valence-corrected chi connectivity index (χ4v) is 2.72. The van der Waals surface area contributed by atoms with Crippen LogP contribution in [0.2, 0.25) is 0 Å². The minimum absolute atomic E-state index is 0.0711. The summed E-state index contributed by atoms with van der Waals surface area (Å²) in [5.41, 5.74) is 3.48. The molecule has 108 valence electrons. The predicted molar refractivity (Wildman–Crippen MR) is 82.3 cm³/mol. The van der Waals surface area contributed by atoms with Crippen molar-refractivity contribution >= 4 is 5.91 Å². The highest BCUT2D eigenvalue weighted by molar-refractivity contribution is 5.77. The second-order valence-corrected chi connectivity index (χ2v) is 5.52. The lowest BCUT2D eigenvalue weighted by Crippen LogP contribution is -2.25. The van der Waals surface area contributed by atoms with Crippen LogP contribution >= 0.6 is 0 Å². The molecule has 1 N–H and O–H groups in total. The van der Waals surface area contributed by atoms with Crippen molar-refractivity contribution in [1.82, 2.24) is 5.32 Å². The maximum Gasteiger partial charge on any atom is 0.221 e. The summed E-state index contributed by atoms with van der Waals surface area (Å²) in [7, 11) is 0. The van der Waals surface area contributed by atoms with Crippen LogP contribution in [0.4, 0.5) is 0 Å². The molecule has 3 rings (SSSR count). The molecule has 3 nitrogen and oxygen atoms in total. The Hall–Kier alpha value is -2.29. The molecule has 0 spiro atoms. The normalized spacial score (nSPS) is 16.1. The van der Waals surface area contributed by atoms with E-state index in [1.807, 2.05) is 36.4 Å². The number of fused-ring (bicyclic) bond motifs is 1. The molecule has 21 heavy (non-hydrogen) atoms. The van der Waals surface area contributed by atoms with Crippen LogP contribution in [0.3, 0.4) is 0 Å². The van der Waals surface area contributed by atoms with E-state index in [0.29, 0.717) is 19.6 Å². The first-order valence-electron chi connectivity index (χ1n) is 7.26. The highest BCUT2D eigenvalue weighted by Crippen LogP contribution is 2.35. The summed E-state index contributed by atoms with van der Waals surface area (Å²) in [6.07, 6.45) is 0.475. The Bertz CT molecular complexity index is 651. The monoisotopic (exact) mass is 281 g/mol. The van der Waals surface area contributed by atoms with Crippen molar-refractivity contribution < 1.29 is 9.53 Å². The Morgan fingerprint density at radius 1 is 1.24 bits per heavy atom. The van der Waals surface area contributed by atoms with Crippen LogP contribution < -0.4 is 10.1 Å². The SMILES string of the molecule is Cc1cccc(CNC(=O)CC2COc3ccccc32)c1. The molecule has 1 aliphatic rings. The summed E-state index contributed by atoms with van der Waals surface area (Å²) in [4.78, 5) is 12.1. The van der Waals surface area contributed by atoms with E-state index >= 15 is 0 Å². The van der Waals surface area contributed by atoms with Crippen LogP contribution in [-0.4, -0.2) is 12.5 Å². The van der Waals surface area contributed by atoms with E-state index < -0.39 is 0 Å². The second-order valence-electron chi connectivity index (χ2n) is 5.52. The first-order valence-corrected chi connectivity index (χ1v) is 7.26. The van der Waals surface area contributed by atoms with Gasteiger partial charge in [0.1, 0.15) is 5.75 Å². The summed E-state index contributed by atoms with van der Waals surface area (Å²) >= 11 is 0. The number of para-hydroxylation sites is 1. The van der Waals surface area contributed by atoms with E-state index in [4.69, 9.17) is 4.74 Å². The first-order chi connectivity index (χ1) is 10.2. The first kappa shape index (κ1) is 13.7. The van der Waals surface area contributed by atoms with Gasteiger partial charge in [0.05, 0.1) is 6.61 Å². The highest BCUT2D eigenvalue weighted by Gasteiger charge is 2.25. The number of carbonyl (C=O) groups excluding carboxylic acids is 1. The van der Waals surface area contributed by atoms with E-state index in [9.17, 15) is 4.79 Å². The van der Waals surface area contributed by atoms with Crippen molar-refractivity contribution in [2.75, 3.05) is 6.61 Å². The molecule has 0 bridgehead atoms. The molecule has 1 atom stereocenters. The molecule has 0 aromatic heterocycles. The van der Waals surface area contributed by atoms with Crippen LogP contribution in [0.15, 0.2) is 48.5 Å². The molecular weight excluding hydrogens is 262 g/mol. The number of benzene rings is 2. The summed E-state index contributed by atoms with van der Waals surface area (Å²) in [5, 5.41) is 2.99. The highest BCUT2D eigenvalue weighted by atomic mass is 16.5. The zero-order valence-electron chi connectivity index (χ0n) is 12.1. The van der Waals surface area contributed by atoms with Crippen LogP contribution in [0, 0.1) is 6.92 Å². The van der Waals surface area contributed by atoms with Gasteiger partial charge in [-0.15, -0.1) is 0 Å². The van der Waals surface area contributed by atoms with Gasteiger partial charge in [0.25, 0.3) is 0 Å². The lowest BCUT2D eigenvalue weighted by atomic mass is 9.97. The van der Waals surface area contributed by atoms with Crippen molar-refractivity contribution in [3.63, 3.8) is 0 Å². The number of carbonyl (C=O) groups is 1. The maximum absolute atomic E-state index is 12.1. The maximum atomic E-state index is 12.1. The molecule has 1 heterocycles. The third-order valence-electron chi connectivity index (χ3n) is 3.80. The second kappa shape index (κ2) is 6.00. The number of amides is 1. The summed E-state index contributed by atoms with van der Waals surface area (Å²) in [6, 6.07) is 16.1. The molecule has 0 saturated carbocycles. The molecule has 2 aromatic carbocycles. The minimum atomic E-state index is 0.0711. The standard InChI is InChI=1S/C18H19NO2/c1-13-5-4-6-14(9-13)11-19-18(20)10-15-12-21-17-8-3-2-7-16(15)17/h2-9,15H,10-12H2,1H3,(H,19,20). The number of hydrogen-bond donors (Lipinski definition) is 1. The lowest BCUT2D eigenvalue weighted by molar-refractivity contribution is -0.121. The molecule has 0 radical (unpaired) electrons. The van der Waals surface area contributed by atoms with Crippen molar-refractivity contribution in [2.45, 2.75) is 25.8 Å². The zero-order chi connectivity index (χ0) is 14.7. The quantitative estimate of drug-likeness (QED) is 0.934. The summed E-state index contributed by atoms with van der Waals surface area (Å²) < 4.78 is 5.61. The van der Waals surface area contributed by atoms with Gasteiger partial charge in [0, 0.05) is 24.4 Å². The van der Waals surface area contributed by atoms with Gasteiger partial charge in [-0.3, -0.25) is 4.79 Å². The minimum Gasteiger partial charge on any atom is -0.493 e. The van der Waals surface area contributed by atoms with Crippen LogP contribution in [0.25, 0.3) is 0 Å². The number of aryl methyl sites for hydroxylation is 1. The topological polar surface area (TPSA) is 38.3 Å². The number of ether oxygens (including phenoxy) is 1. The fraction of sp³-hybridized carbons (Fsp3) is 0.278. The van der Waals surface area contributed by atoms with E-state index in [2.05, 4.69) is 24.4 Å². The van der Waals surface area contributed by atoms with Crippen LogP contribution in [-0.2, 0) is 11.3 Å². The van der Waals surface area contributed by atoms with E-state index in [-0.39, 0.29) is 11.8 Å². The Morgan fingerprint density at radius 2 is 2.10 bits per heavy atom. The molecule has 1 aliphatic heterocycles. The smallest absolute Gasteiger partial charge is 0.221 e. The van der Waals surface area contributed by atoms with Gasteiger partial charge in [-0.2, -0.15) is 0 Å². The van der Waals surface area contributed by atoms with Crippen molar-refractivity contribution in [2.24, 2.45) is 0 Å². The molecule has 2 aromatic rings. The molecule has 0 fully saturated rings. The molecule has 1 amide bonds. The third-order valence-corrected chi connectivity index (χ3v) is 3.80. The zero-order valence-corrected chi connectivity index (χ0v) is 12.1. The summed E-state index contributed by atoms with van der Waals surface area (Å²) in [5.74, 6) is 1.15. The van der Waals surface area contributed by atoms with E-state index in [1.54, 1.807) is 0 Å². The largest absolute Gasteiger partial charge is 0.493 e. The Labute approximate surface area is 124 Å². The summed E-state index contributed by atoms with van der Waals surface area (Å²) in [6.45, 7) is 3.23. The lowest BCUT2D eigenvalue weighted by Gasteiger charge is -2.10. The molecule has 1 unspecified atom stereocenters. The van der Waals surface area contributed by atoms with Gasteiger partial charge >= 0.3 is 0 Å². The van der Waals surface area contributed by atoms with Gasteiger partial charge in [0.2, 0.25) is 5.91 Å². The number of nitrogens with one attached hydrogen (secondary N) is 1. The van der Waals surface area contributed by atoms with Gasteiger partial charge in [0.15, 0.2) is 0 Å². The third kappa shape index (κ3) is 3.24. The Morgan fingerprint density at radius 3 is 2.95 bits per heavy atom. The molecular formula is C18H19NO2. The van der Waals surface area contributed by atoms with E-state index in [0.717, 1.165) is 16.9 Å². The average Bonchev–Trinajstić information content (AvgIpc) is 2.89. The average molecular weight is 281 g/mol. The predicted octanol–water partition coefficient (Wildman–Crippen LogP) is 3.18. The molecule has 0 saturated heterocycles. The fourth-order valence-electron chi connectivity index (χ4n) is 2.72. The van der Waals surface area contributed by atoms with Gasteiger partial charge in [-0.05, 0) is 18.6 Å². The van der Waals surface area contributed by atoms with Crippen LogP contribution in [0.5, 0.6) is 5.75 Å². The molecule has 3 heteroatoms. The van der Waals surface area contributed by atoms with Gasteiger partial charge < -0.3 is 10.1 Å². The van der Waals surface area contributed by atoms with Crippen molar-refractivity contribution in [3.8, 4) is 5.75 Å².